The van der Waals surface area contributed by atoms with Crippen molar-refractivity contribution in [2.24, 2.45) is 23.7 Å². The Morgan fingerprint density at radius 2 is 1.22 bits per heavy atom. The van der Waals surface area contributed by atoms with Crippen molar-refractivity contribution < 1.29 is 59.1 Å². The van der Waals surface area contributed by atoms with Crippen LogP contribution in [-0.2, 0) is 29.2 Å². The first kappa shape index (κ1) is 37.4. The summed E-state index contributed by atoms with van der Waals surface area (Å²) in [5.74, 6) is -18.0. The third-order valence-corrected chi connectivity index (χ3v) is 14.1. The molecule has 6 fully saturated rings. The first-order valence-electron chi connectivity index (χ1n) is 19.5. The number of esters is 3. The summed E-state index contributed by atoms with van der Waals surface area (Å²) in [4.78, 5) is 39.1. The van der Waals surface area contributed by atoms with Gasteiger partial charge in [-0.1, -0.05) is 69.9 Å². The lowest BCUT2D eigenvalue weighted by atomic mass is 9.73. The molecule has 2 bridgehead atoms. The van der Waals surface area contributed by atoms with Gasteiger partial charge in [-0.2, -0.15) is 8.78 Å². The van der Waals surface area contributed by atoms with Gasteiger partial charge in [-0.25, -0.2) is 22.0 Å². The van der Waals surface area contributed by atoms with Crippen molar-refractivity contribution in [1.29, 1.82) is 0 Å². The highest BCUT2D eigenvalue weighted by molar-refractivity contribution is 7.85. The van der Waals surface area contributed by atoms with Crippen LogP contribution in [0.25, 0.3) is 0 Å². The van der Waals surface area contributed by atoms with Gasteiger partial charge in [0.1, 0.15) is 27.2 Å². The van der Waals surface area contributed by atoms with Gasteiger partial charge < -0.3 is 18.8 Å². The van der Waals surface area contributed by atoms with Gasteiger partial charge in [-0.05, 0) is 79.4 Å². The van der Waals surface area contributed by atoms with Crippen molar-refractivity contribution in [3.8, 4) is 5.75 Å². The summed E-state index contributed by atoms with van der Waals surface area (Å²) in [7, 11) is -5.99. The summed E-state index contributed by atoms with van der Waals surface area (Å²) in [6.45, 7) is 0. The van der Waals surface area contributed by atoms with E-state index in [0.29, 0.717) is 11.5 Å². The Morgan fingerprint density at radius 1 is 0.722 bits per heavy atom. The number of ether oxygens (including phenoxy) is 3. The minimum Gasteiger partial charge on any atom is -0.744 e. The minimum absolute atomic E-state index is 0.164. The van der Waals surface area contributed by atoms with E-state index in [0.717, 1.165) is 101 Å². The number of carbonyl (C=O) groups is 3. The van der Waals surface area contributed by atoms with E-state index in [1.54, 1.807) is 0 Å². The molecule has 292 valence electrons. The van der Waals surface area contributed by atoms with E-state index in [4.69, 9.17) is 14.2 Å². The molecule has 0 radical (unpaired) electrons. The van der Waals surface area contributed by atoms with Crippen LogP contribution in [0.2, 0.25) is 0 Å². The Hall–Kier alpha value is -3.52. The smallest absolute Gasteiger partial charge is 0.339 e. The summed E-state index contributed by atoms with van der Waals surface area (Å²) >= 11 is 0. The van der Waals surface area contributed by atoms with Gasteiger partial charge in [0.15, 0.2) is 11.6 Å². The summed E-state index contributed by atoms with van der Waals surface area (Å²) < 4.78 is 110. The largest absolute Gasteiger partial charge is 0.744 e. The number of hydrogen-bond acceptors (Lipinski definition) is 9. The molecule has 0 spiro atoms. The molecular weight excluding hydrogens is 732 g/mol. The van der Waals surface area contributed by atoms with Crippen LogP contribution in [0.15, 0.2) is 17.0 Å². The fraction of sp³-hybridized carbons (Fsp3) is 0.625. The standard InChI is InChI=1S/C40H44F4O9S/c41-30-32(43)37(54(48,49)50)33(44)31(42)36(30)53-40(47)29-26-18-25-28(29)39(46)52-35(25)34(26)51-38(45)27-23(20-12-6-2-7-13-20)16-22(19-10-4-1-5-11-19)17-24(27)21-14-8-3-9-15-21/h16-17,19-21,25-26,28-29,34-35H,1-15,18H2,(H,48,49,50)/p-1. The average Bonchev–Trinajstić information content (AvgIpc) is 3.80. The van der Waals surface area contributed by atoms with Gasteiger partial charge in [-0.15, -0.1) is 0 Å². The fourth-order valence-corrected chi connectivity index (χ4v) is 11.4. The van der Waals surface area contributed by atoms with Crippen LogP contribution in [0.4, 0.5) is 17.6 Å². The van der Waals surface area contributed by atoms with Gasteiger partial charge in [0.05, 0.1) is 17.4 Å². The molecule has 6 aliphatic rings. The maximum Gasteiger partial charge on any atom is 0.339 e. The predicted octanol–water partition coefficient (Wildman–Crippen LogP) is 8.23. The van der Waals surface area contributed by atoms with Crippen molar-refractivity contribution in [2.45, 2.75) is 138 Å². The summed E-state index contributed by atoms with van der Waals surface area (Å²) in [5.41, 5.74) is 3.79. The zero-order chi connectivity index (χ0) is 38.1. The second-order valence-corrected chi connectivity index (χ2v) is 17.6. The van der Waals surface area contributed by atoms with Crippen LogP contribution in [0.1, 0.15) is 148 Å². The number of halogens is 4. The molecule has 54 heavy (non-hydrogen) atoms. The predicted molar refractivity (Wildman–Crippen MR) is 181 cm³/mol. The number of carbonyl (C=O) groups excluding carboxylic acids is 3. The Morgan fingerprint density at radius 3 is 1.72 bits per heavy atom. The number of fused-ring (bicyclic) bond motifs is 1. The van der Waals surface area contributed by atoms with Crippen molar-refractivity contribution >= 4 is 28.0 Å². The molecule has 1 saturated heterocycles. The third-order valence-electron chi connectivity index (χ3n) is 13.3. The summed E-state index contributed by atoms with van der Waals surface area (Å²) in [6, 6.07) is 4.46. The Balaban J connectivity index is 1.13. The number of rotatable bonds is 8. The Labute approximate surface area is 311 Å². The quantitative estimate of drug-likeness (QED) is 0.0854. The molecule has 2 aromatic rings. The molecule has 0 N–H and O–H groups in total. The number of benzene rings is 2. The fourth-order valence-electron chi connectivity index (χ4n) is 10.8. The van der Waals surface area contributed by atoms with Crippen molar-refractivity contribution in [3.63, 3.8) is 0 Å². The molecular formula is C40H43F4O9S-. The molecule has 2 aromatic carbocycles. The van der Waals surface area contributed by atoms with Gasteiger partial charge in [-0.3, -0.25) is 9.59 Å². The van der Waals surface area contributed by atoms with Crippen LogP contribution in [-0.4, -0.2) is 43.1 Å². The molecule has 1 heterocycles. The Kier molecular flexibility index (Phi) is 10.1. The molecule has 0 amide bonds. The summed E-state index contributed by atoms with van der Waals surface area (Å²) in [6.07, 6.45) is 14.1. The molecule has 5 saturated carbocycles. The van der Waals surface area contributed by atoms with E-state index in [1.807, 2.05) is 0 Å². The van der Waals surface area contributed by atoms with Crippen LogP contribution >= 0.6 is 0 Å². The van der Waals surface area contributed by atoms with E-state index in [2.05, 4.69) is 12.1 Å². The molecule has 14 heteroatoms. The molecule has 0 aromatic heterocycles. The molecule has 6 atom stereocenters. The second kappa shape index (κ2) is 14.5. The van der Waals surface area contributed by atoms with Crippen molar-refractivity contribution in [1.82, 2.24) is 0 Å². The monoisotopic (exact) mass is 775 g/mol. The lowest BCUT2D eigenvalue weighted by Crippen LogP contribution is -2.44. The molecule has 8 rings (SSSR count). The van der Waals surface area contributed by atoms with Crippen LogP contribution in [0, 0.1) is 46.9 Å². The van der Waals surface area contributed by atoms with E-state index < -0.39 is 97.8 Å². The van der Waals surface area contributed by atoms with E-state index in [9.17, 15) is 44.9 Å². The Bertz CT molecular complexity index is 1900. The third kappa shape index (κ3) is 6.42. The van der Waals surface area contributed by atoms with Gasteiger partial charge >= 0.3 is 17.9 Å². The number of hydrogen-bond donors (Lipinski definition) is 0. The summed E-state index contributed by atoms with van der Waals surface area (Å²) in [5, 5.41) is 0. The highest BCUT2D eigenvalue weighted by atomic mass is 32.2. The first-order valence-corrected chi connectivity index (χ1v) is 20.9. The molecule has 1 aliphatic heterocycles. The van der Waals surface area contributed by atoms with Gasteiger partial charge in [0, 0.05) is 11.8 Å². The molecule has 6 unspecified atom stereocenters. The highest BCUT2D eigenvalue weighted by Crippen LogP contribution is 2.59. The highest BCUT2D eigenvalue weighted by Gasteiger charge is 2.70. The van der Waals surface area contributed by atoms with Crippen molar-refractivity contribution in [2.75, 3.05) is 0 Å². The maximum atomic E-state index is 14.9. The van der Waals surface area contributed by atoms with Crippen LogP contribution in [0.5, 0.6) is 5.75 Å². The van der Waals surface area contributed by atoms with Crippen LogP contribution < -0.4 is 4.74 Å². The van der Waals surface area contributed by atoms with Gasteiger partial charge in [0.2, 0.25) is 17.4 Å². The molecule has 9 nitrogen and oxygen atoms in total. The maximum absolute atomic E-state index is 14.9. The molecule has 5 aliphatic carbocycles. The SMILES string of the molecule is O=C(OC1C2CC3C1OC(=O)C3C2C(=O)Oc1c(F)c(F)c(S(=O)(=O)[O-])c(F)c1F)c1c(C2CCCCC2)cc(C2CCCCC2)cc1C1CCCCC1. The second-order valence-electron chi connectivity index (χ2n) is 16.3. The first-order chi connectivity index (χ1) is 25.8. The van der Waals surface area contributed by atoms with E-state index >= 15 is 0 Å². The normalized spacial score (nSPS) is 29.0. The zero-order valence-electron chi connectivity index (χ0n) is 29.8. The minimum atomic E-state index is -5.99. The topological polar surface area (TPSA) is 136 Å². The average molecular weight is 776 g/mol. The zero-order valence-corrected chi connectivity index (χ0v) is 30.6. The lowest BCUT2D eigenvalue weighted by Gasteiger charge is -2.34. The van der Waals surface area contributed by atoms with E-state index in [1.165, 1.54) is 12.0 Å². The van der Waals surface area contributed by atoms with Crippen LogP contribution in [0.3, 0.4) is 0 Å². The van der Waals surface area contributed by atoms with E-state index in [-0.39, 0.29) is 18.3 Å². The van der Waals surface area contributed by atoms with Gasteiger partial charge in [0.25, 0.3) is 0 Å². The van der Waals surface area contributed by atoms with Crippen molar-refractivity contribution in [3.05, 3.63) is 57.7 Å². The lowest BCUT2D eigenvalue weighted by molar-refractivity contribution is -0.150.